The van der Waals surface area contributed by atoms with Gasteiger partial charge in [0.1, 0.15) is 0 Å². The summed E-state index contributed by atoms with van der Waals surface area (Å²) in [5, 5.41) is 4.32. The summed E-state index contributed by atoms with van der Waals surface area (Å²) < 4.78 is 26.7. The first-order valence-electron chi connectivity index (χ1n) is 10.6. The molecule has 1 aliphatic heterocycles. The number of amides is 1. The second kappa shape index (κ2) is 10.2. The van der Waals surface area contributed by atoms with Crippen molar-refractivity contribution in [3.8, 4) is 0 Å². The molecule has 0 aromatic heterocycles. The Morgan fingerprint density at radius 3 is 2.35 bits per heavy atom. The van der Waals surface area contributed by atoms with Crippen LogP contribution in [0, 0.1) is 6.92 Å². The van der Waals surface area contributed by atoms with Gasteiger partial charge in [-0.2, -0.15) is 4.31 Å². The highest BCUT2D eigenvalue weighted by atomic mass is 32.2. The fourth-order valence-electron chi connectivity index (χ4n) is 3.68. The van der Waals surface area contributed by atoms with Crippen molar-refractivity contribution in [1.82, 2.24) is 9.21 Å². The molecule has 7 heteroatoms. The molecule has 1 fully saturated rings. The zero-order valence-corrected chi connectivity index (χ0v) is 19.2. The van der Waals surface area contributed by atoms with Gasteiger partial charge in [-0.25, -0.2) is 8.42 Å². The molecule has 0 aliphatic carbocycles. The molecule has 1 heterocycles. The van der Waals surface area contributed by atoms with Gasteiger partial charge in [-0.3, -0.25) is 9.69 Å². The minimum Gasteiger partial charge on any atom is -0.324 e. The standard InChI is InChI=1S/C24H31N3O3S/c1-19(2)22-11-7-8-20(3)24(22)25-23(28)18-26-13-15-27(16-14-26)31(29,30)17-12-21-9-5-4-6-10-21/h4-12,17,19H,13-16,18H2,1-3H3,(H,25,28). The lowest BCUT2D eigenvalue weighted by Gasteiger charge is -2.33. The van der Waals surface area contributed by atoms with E-state index in [1.807, 2.05) is 60.4 Å². The van der Waals surface area contributed by atoms with Crippen molar-refractivity contribution in [2.24, 2.45) is 0 Å². The van der Waals surface area contributed by atoms with Gasteiger partial charge < -0.3 is 5.32 Å². The van der Waals surface area contributed by atoms with E-state index in [1.54, 1.807) is 6.08 Å². The van der Waals surface area contributed by atoms with E-state index in [-0.39, 0.29) is 12.5 Å². The van der Waals surface area contributed by atoms with E-state index in [2.05, 4.69) is 19.2 Å². The fraction of sp³-hybridized carbons (Fsp3) is 0.375. The first-order valence-corrected chi connectivity index (χ1v) is 12.1. The summed E-state index contributed by atoms with van der Waals surface area (Å²) in [6, 6.07) is 15.4. The Hall–Kier alpha value is -2.48. The number of nitrogens with one attached hydrogen (secondary N) is 1. The first-order chi connectivity index (χ1) is 14.8. The third-order valence-electron chi connectivity index (χ3n) is 5.48. The second-order valence-electron chi connectivity index (χ2n) is 8.18. The molecule has 2 aromatic carbocycles. The van der Waals surface area contributed by atoms with E-state index in [0.29, 0.717) is 32.1 Å². The van der Waals surface area contributed by atoms with Crippen LogP contribution in [0.1, 0.15) is 36.5 Å². The predicted molar refractivity (Wildman–Crippen MR) is 126 cm³/mol. The number of hydrogen-bond donors (Lipinski definition) is 1. The molecule has 0 spiro atoms. The molecular weight excluding hydrogens is 410 g/mol. The Kier molecular flexibility index (Phi) is 7.64. The summed E-state index contributed by atoms with van der Waals surface area (Å²) >= 11 is 0. The maximum Gasteiger partial charge on any atom is 0.238 e. The molecule has 1 amide bonds. The zero-order chi connectivity index (χ0) is 22.4. The average Bonchev–Trinajstić information content (AvgIpc) is 2.75. The van der Waals surface area contributed by atoms with Gasteiger partial charge in [0, 0.05) is 37.3 Å². The minimum absolute atomic E-state index is 0.0727. The van der Waals surface area contributed by atoms with E-state index in [9.17, 15) is 13.2 Å². The number of sulfonamides is 1. The molecule has 2 aromatic rings. The van der Waals surface area contributed by atoms with Crippen LogP contribution < -0.4 is 5.32 Å². The number of carbonyl (C=O) groups excluding carboxylic acids is 1. The summed E-state index contributed by atoms with van der Waals surface area (Å²) in [5.74, 6) is 0.240. The molecule has 0 saturated carbocycles. The molecule has 0 radical (unpaired) electrons. The van der Waals surface area contributed by atoms with Gasteiger partial charge >= 0.3 is 0 Å². The molecule has 6 nitrogen and oxygen atoms in total. The predicted octanol–water partition coefficient (Wildman–Crippen LogP) is 3.68. The molecule has 31 heavy (non-hydrogen) atoms. The SMILES string of the molecule is Cc1cccc(C(C)C)c1NC(=O)CN1CCN(S(=O)(=O)C=Cc2ccccc2)CC1. The smallest absolute Gasteiger partial charge is 0.238 e. The monoisotopic (exact) mass is 441 g/mol. The van der Waals surface area contributed by atoms with E-state index < -0.39 is 10.0 Å². The summed E-state index contributed by atoms with van der Waals surface area (Å²) in [6.45, 7) is 8.25. The molecule has 1 aliphatic rings. The molecular formula is C24H31N3O3S. The van der Waals surface area contributed by atoms with Crippen molar-refractivity contribution < 1.29 is 13.2 Å². The molecule has 166 valence electrons. The molecule has 0 atom stereocenters. The Morgan fingerprint density at radius 2 is 1.71 bits per heavy atom. The normalized spacial score (nSPS) is 16.1. The molecule has 0 bridgehead atoms. The molecule has 1 N–H and O–H groups in total. The largest absolute Gasteiger partial charge is 0.324 e. The zero-order valence-electron chi connectivity index (χ0n) is 18.4. The number of rotatable bonds is 7. The van der Waals surface area contributed by atoms with Crippen LogP contribution in [0.15, 0.2) is 53.9 Å². The molecule has 0 unspecified atom stereocenters. The maximum atomic E-state index is 12.6. The quantitative estimate of drug-likeness (QED) is 0.712. The van der Waals surface area contributed by atoms with Gasteiger partial charge in [-0.1, -0.05) is 62.4 Å². The highest BCUT2D eigenvalue weighted by Crippen LogP contribution is 2.27. The van der Waals surface area contributed by atoms with Gasteiger partial charge in [0.15, 0.2) is 0 Å². The van der Waals surface area contributed by atoms with Crippen LogP contribution in [0.5, 0.6) is 0 Å². The van der Waals surface area contributed by atoms with Crippen LogP contribution in [0.25, 0.3) is 6.08 Å². The molecule has 1 saturated heterocycles. The maximum absolute atomic E-state index is 12.6. The topological polar surface area (TPSA) is 69.7 Å². The van der Waals surface area contributed by atoms with Crippen LogP contribution in [-0.4, -0.2) is 56.3 Å². The average molecular weight is 442 g/mol. The molecule has 3 rings (SSSR count). The van der Waals surface area contributed by atoms with E-state index in [1.165, 1.54) is 9.71 Å². The van der Waals surface area contributed by atoms with Gasteiger partial charge in [-0.15, -0.1) is 0 Å². The highest BCUT2D eigenvalue weighted by molar-refractivity contribution is 7.92. The minimum atomic E-state index is -3.48. The van der Waals surface area contributed by atoms with Crippen LogP contribution in [-0.2, 0) is 14.8 Å². The number of para-hydroxylation sites is 1. The summed E-state index contributed by atoms with van der Waals surface area (Å²) in [5.41, 5.74) is 3.89. The lowest BCUT2D eigenvalue weighted by molar-refractivity contribution is -0.117. The van der Waals surface area contributed by atoms with Gasteiger partial charge in [0.2, 0.25) is 15.9 Å². The van der Waals surface area contributed by atoms with Crippen LogP contribution in [0.3, 0.4) is 0 Å². The van der Waals surface area contributed by atoms with Crippen LogP contribution >= 0.6 is 0 Å². The van der Waals surface area contributed by atoms with Crippen molar-refractivity contribution in [1.29, 1.82) is 0 Å². The summed E-state index contributed by atoms with van der Waals surface area (Å²) in [6.07, 6.45) is 1.61. The number of nitrogens with zero attached hydrogens (tertiary/aromatic N) is 2. The van der Waals surface area contributed by atoms with E-state index in [0.717, 1.165) is 22.4 Å². The second-order valence-corrected chi connectivity index (χ2v) is 9.99. The fourth-order valence-corrected chi connectivity index (χ4v) is 4.85. The number of benzene rings is 2. The highest BCUT2D eigenvalue weighted by Gasteiger charge is 2.26. The first kappa shape index (κ1) is 23.2. The van der Waals surface area contributed by atoms with Crippen molar-refractivity contribution in [3.05, 3.63) is 70.6 Å². The lowest BCUT2D eigenvalue weighted by atomic mass is 9.98. The Morgan fingerprint density at radius 1 is 1.03 bits per heavy atom. The van der Waals surface area contributed by atoms with Gasteiger partial charge in [0.25, 0.3) is 0 Å². The van der Waals surface area contributed by atoms with E-state index in [4.69, 9.17) is 0 Å². The third-order valence-corrected chi connectivity index (χ3v) is 7.05. The van der Waals surface area contributed by atoms with Crippen molar-refractivity contribution >= 4 is 27.7 Å². The number of carbonyl (C=O) groups is 1. The lowest BCUT2D eigenvalue weighted by Crippen LogP contribution is -2.50. The Labute approximate surface area is 185 Å². The number of aryl methyl sites for hydroxylation is 1. The van der Waals surface area contributed by atoms with Crippen LogP contribution in [0.2, 0.25) is 0 Å². The van der Waals surface area contributed by atoms with Crippen molar-refractivity contribution in [2.75, 3.05) is 38.0 Å². The van der Waals surface area contributed by atoms with Crippen molar-refractivity contribution in [3.63, 3.8) is 0 Å². The van der Waals surface area contributed by atoms with Crippen molar-refractivity contribution in [2.45, 2.75) is 26.7 Å². The Bertz CT molecular complexity index is 1030. The van der Waals surface area contributed by atoms with Crippen LogP contribution in [0.4, 0.5) is 5.69 Å². The third kappa shape index (κ3) is 6.26. The Balaban J connectivity index is 1.54. The van der Waals surface area contributed by atoms with E-state index >= 15 is 0 Å². The number of piperazine rings is 1. The number of hydrogen-bond acceptors (Lipinski definition) is 4. The summed E-state index contributed by atoms with van der Waals surface area (Å²) in [4.78, 5) is 14.6. The van der Waals surface area contributed by atoms with Gasteiger partial charge in [0.05, 0.1) is 6.54 Å². The number of anilines is 1. The van der Waals surface area contributed by atoms with Gasteiger partial charge in [-0.05, 0) is 35.6 Å². The summed E-state index contributed by atoms with van der Waals surface area (Å²) in [7, 11) is -3.48.